The molecule has 7 heteroatoms. The fraction of sp³-hybridized carbons (Fsp3) is 0.588. The fourth-order valence-electron chi connectivity index (χ4n) is 2.56. The molecule has 1 aromatic rings. The van der Waals surface area contributed by atoms with Crippen LogP contribution in [0.1, 0.15) is 24.5 Å². The molecule has 2 N–H and O–H groups in total. The number of ether oxygens (including phenoxy) is 1. The average Bonchev–Trinajstić information content (AvgIpc) is 3.00. The number of aliphatic imine (C=N–C) groups is 1. The zero-order valence-electron chi connectivity index (χ0n) is 14.4. The Morgan fingerprint density at radius 1 is 1.38 bits per heavy atom. The number of hydrogen-bond donors (Lipinski definition) is 2. The van der Waals surface area contributed by atoms with Gasteiger partial charge in [0.25, 0.3) is 0 Å². The third-order valence-electron chi connectivity index (χ3n) is 3.70. The highest BCUT2D eigenvalue weighted by molar-refractivity contribution is 14.0. The molecule has 1 aliphatic heterocycles. The molecule has 0 spiro atoms. The number of aryl methyl sites for hydroxylation is 1. The van der Waals surface area contributed by atoms with E-state index >= 15 is 0 Å². The third kappa shape index (κ3) is 6.34. The number of terminal acetylenes is 1. The Balaban J connectivity index is 0.00000288. The molecule has 0 aliphatic carbocycles. The maximum atomic E-state index is 5.85. The Hall–Kier alpha value is -1.24. The number of morpholine rings is 1. The minimum Gasteiger partial charge on any atom is -0.465 e. The zero-order chi connectivity index (χ0) is 16.5. The van der Waals surface area contributed by atoms with Gasteiger partial charge in [-0.2, -0.15) is 0 Å². The van der Waals surface area contributed by atoms with Crippen molar-refractivity contribution in [2.24, 2.45) is 4.99 Å². The summed E-state index contributed by atoms with van der Waals surface area (Å²) in [5.74, 6) is 5.16. The van der Waals surface area contributed by atoms with Crippen LogP contribution in [-0.2, 0) is 4.74 Å². The standard InChI is InChI=1S/C17H26N4O2.HI/c1-4-8-19-17(18-5-2)20-13-15(16-7-6-14(3)23-16)21-9-11-22-12-10-21;/h1,6-7,15H,5,8-13H2,2-3H3,(H2,18,19,20);1H. The van der Waals surface area contributed by atoms with Gasteiger partial charge in [0.1, 0.15) is 11.5 Å². The van der Waals surface area contributed by atoms with E-state index < -0.39 is 0 Å². The first kappa shape index (κ1) is 20.8. The lowest BCUT2D eigenvalue weighted by Gasteiger charge is -2.32. The van der Waals surface area contributed by atoms with E-state index in [2.05, 4.69) is 26.4 Å². The van der Waals surface area contributed by atoms with Crippen LogP contribution in [-0.4, -0.2) is 56.8 Å². The molecule has 6 nitrogen and oxygen atoms in total. The monoisotopic (exact) mass is 446 g/mol. The summed E-state index contributed by atoms with van der Waals surface area (Å²) in [6.45, 7) is 9.09. The van der Waals surface area contributed by atoms with E-state index in [1.165, 1.54) is 0 Å². The van der Waals surface area contributed by atoms with Gasteiger partial charge in [0.05, 0.1) is 32.3 Å². The molecule has 0 bridgehead atoms. The molecule has 24 heavy (non-hydrogen) atoms. The molecule has 1 fully saturated rings. The highest BCUT2D eigenvalue weighted by atomic mass is 127. The van der Waals surface area contributed by atoms with Gasteiger partial charge in [-0.15, -0.1) is 30.4 Å². The van der Waals surface area contributed by atoms with E-state index in [1.807, 2.05) is 26.0 Å². The minimum absolute atomic E-state index is 0. The first-order valence-corrected chi connectivity index (χ1v) is 8.08. The molecular formula is C17H27IN4O2. The molecule has 2 rings (SSSR count). The summed E-state index contributed by atoms with van der Waals surface area (Å²) in [7, 11) is 0. The van der Waals surface area contributed by atoms with Gasteiger partial charge in [-0.25, -0.2) is 0 Å². The van der Waals surface area contributed by atoms with Gasteiger partial charge in [0, 0.05) is 19.6 Å². The molecule has 134 valence electrons. The number of nitrogens with one attached hydrogen (secondary N) is 2. The summed E-state index contributed by atoms with van der Waals surface area (Å²) < 4.78 is 11.3. The van der Waals surface area contributed by atoms with Crippen LogP contribution < -0.4 is 10.6 Å². The van der Waals surface area contributed by atoms with Crippen molar-refractivity contribution in [1.29, 1.82) is 0 Å². The van der Waals surface area contributed by atoms with Crippen molar-refractivity contribution in [3.05, 3.63) is 23.7 Å². The van der Waals surface area contributed by atoms with E-state index in [0.717, 1.165) is 50.3 Å². The summed E-state index contributed by atoms with van der Waals surface area (Å²) in [6.07, 6.45) is 5.31. The van der Waals surface area contributed by atoms with Crippen LogP contribution in [0.4, 0.5) is 0 Å². The maximum absolute atomic E-state index is 5.85. The molecule has 1 aromatic heterocycles. The second-order valence-electron chi connectivity index (χ2n) is 5.39. The quantitative estimate of drug-likeness (QED) is 0.302. The van der Waals surface area contributed by atoms with Crippen LogP contribution in [0.15, 0.2) is 21.5 Å². The van der Waals surface area contributed by atoms with Crippen molar-refractivity contribution in [2.75, 3.05) is 45.9 Å². The Morgan fingerprint density at radius 3 is 2.71 bits per heavy atom. The van der Waals surface area contributed by atoms with Crippen LogP contribution in [0.2, 0.25) is 0 Å². The summed E-state index contributed by atoms with van der Waals surface area (Å²) in [6, 6.07) is 4.13. The summed E-state index contributed by atoms with van der Waals surface area (Å²) in [5.41, 5.74) is 0. The van der Waals surface area contributed by atoms with E-state index in [1.54, 1.807) is 0 Å². The van der Waals surface area contributed by atoms with Crippen LogP contribution in [0.5, 0.6) is 0 Å². The third-order valence-corrected chi connectivity index (χ3v) is 3.70. The highest BCUT2D eigenvalue weighted by Crippen LogP contribution is 2.24. The van der Waals surface area contributed by atoms with Crippen molar-refractivity contribution < 1.29 is 9.15 Å². The zero-order valence-corrected chi connectivity index (χ0v) is 16.7. The topological polar surface area (TPSA) is 62.0 Å². The lowest BCUT2D eigenvalue weighted by Crippen LogP contribution is -2.41. The van der Waals surface area contributed by atoms with Gasteiger partial charge in [0.15, 0.2) is 5.96 Å². The second kappa shape index (κ2) is 11.3. The van der Waals surface area contributed by atoms with Crippen molar-refractivity contribution in [1.82, 2.24) is 15.5 Å². The number of guanidine groups is 1. The van der Waals surface area contributed by atoms with Gasteiger partial charge < -0.3 is 19.8 Å². The van der Waals surface area contributed by atoms with Crippen LogP contribution >= 0.6 is 24.0 Å². The van der Waals surface area contributed by atoms with Crippen LogP contribution in [0, 0.1) is 19.3 Å². The molecule has 0 saturated carbocycles. The smallest absolute Gasteiger partial charge is 0.192 e. The lowest BCUT2D eigenvalue weighted by molar-refractivity contribution is 0.0135. The molecule has 1 aliphatic rings. The van der Waals surface area contributed by atoms with Crippen molar-refractivity contribution in [3.8, 4) is 12.3 Å². The van der Waals surface area contributed by atoms with Crippen molar-refractivity contribution in [3.63, 3.8) is 0 Å². The minimum atomic E-state index is 0. The Morgan fingerprint density at radius 2 is 2.12 bits per heavy atom. The second-order valence-corrected chi connectivity index (χ2v) is 5.39. The molecule has 0 amide bonds. The first-order chi connectivity index (χ1) is 11.2. The average molecular weight is 446 g/mol. The first-order valence-electron chi connectivity index (χ1n) is 8.08. The van der Waals surface area contributed by atoms with Gasteiger partial charge >= 0.3 is 0 Å². The Kier molecular flexibility index (Phi) is 9.83. The largest absolute Gasteiger partial charge is 0.465 e. The summed E-state index contributed by atoms with van der Waals surface area (Å²) >= 11 is 0. The number of halogens is 1. The van der Waals surface area contributed by atoms with Crippen LogP contribution in [0.3, 0.4) is 0 Å². The van der Waals surface area contributed by atoms with Gasteiger partial charge in [-0.05, 0) is 26.0 Å². The molecule has 0 aromatic carbocycles. The van der Waals surface area contributed by atoms with Crippen molar-refractivity contribution >= 4 is 29.9 Å². The van der Waals surface area contributed by atoms with Crippen molar-refractivity contribution in [2.45, 2.75) is 19.9 Å². The van der Waals surface area contributed by atoms with E-state index in [4.69, 9.17) is 15.6 Å². The predicted molar refractivity (Wildman–Crippen MR) is 107 cm³/mol. The van der Waals surface area contributed by atoms with E-state index in [-0.39, 0.29) is 30.0 Å². The highest BCUT2D eigenvalue weighted by Gasteiger charge is 2.25. The van der Waals surface area contributed by atoms with Gasteiger partial charge in [-0.3, -0.25) is 9.89 Å². The normalized spacial score (nSPS) is 16.8. The molecule has 2 heterocycles. The predicted octanol–water partition coefficient (Wildman–Crippen LogP) is 1.77. The SMILES string of the molecule is C#CCNC(=NCC(c1ccc(C)o1)N1CCOCC1)NCC.I. The van der Waals surface area contributed by atoms with Gasteiger partial charge in [-0.1, -0.05) is 5.92 Å². The number of rotatable bonds is 6. The molecule has 1 saturated heterocycles. The maximum Gasteiger partial charge on any atom is 0.192 e. The lowest BCUT2D eigenvalue weighted by atomic mass is 10.1. The fourth-order valence-corrected chi connectivity index (χ4v) is 2.56. The molecule has 1 unspecified atom stereocenters. The van der Waals surface area contributed by atoms with E-state index in [9.17, 15) is 0 Å². The summed E-state index contributed by atoms with van der Waals surface area (Å²) in [5, 5.41) is 6.32. The van der Waals surface area contributed by atoms with Gasteiger partial charge in [0.2, 0.25) is 0 Å². The number of hydrogen-bond acceptors (Lipinski definition) is 4. The van der Waals surface area contributed by atoms with E-state index in [0.29, 0.717) is 13.1 Å². The molecule has 0 radical (unpaired) electrons. The van der Waals surface area contributed by atoms with Crippen LogP contribution in [0.25, 0.3) is 0 Å². The summed E-state index contributed by atoms with van der Waals surface area (Å²) in [4.78, 5) is 7.03. The Labute approximate surface area is 161 Å². The molecular weight excluding hydrogens is 419 g/mol. The number of furan rings is 1. The molecule has 1 atom stereocenters. The Bertz CT molecular complexity index is 547. The number of nitrogens with zero attached hydrogens (tertiary/aromatic N) is 2.